The van der Waals surface area contributed by atoms with Crippen molar-refractivity contribution in [1.29, 1.82) is 0 Å². The van der Waals surface area contributed by atoms with E-state index in [2.05, 4.69) is 20.8 Å². The highest BCUT2D eigenvalue weighted by Crippen LogP contribution is 2.09. The third kappa shape index (κ3) is 8.77. The lowest BCUT2D eigenvalue weighted by atomic mass is 10.0. The summed E-state index contributed by atoms with van der Waals surface area (Å²) in [5.74, 6) is 0.704. The first-order valence-corrected chi connectivity index (χ1v) is 3.64. The van der Waals surface area contributed by atoms with Crippen LogP contribution in [0.2, 0.25) is 0 Å². The van der Waals surface area contributed by atoms with Crippen molar-refractivity contribution >= 4 is 23.1 Å². The van der Waals surface area contributed by atoms with E-state index in [1.165, 1.54) is 25.7 Å². The van der Waals surface area contributed by atoms with Crippen LogP contribution in [0.25, 0.3) is 0 Å². The van der Waals surface area contributed by atoms with Gasteiger partial charge in [0.1, 0.15) is 0 Å². The second-order valence-corrected chi connectivity index (χ2v) is 2.42. The Kier molecular flexibility index (Phi) is 12.1. The lowest BCUT2D eigenvalue weighted by Crippen LogP contribution is -1.90. The van der Waals surface area contributed by atoms with Gasteiger partial charge < -0.3 is 0 Å². The molecule has 0 aliphatic heterocycles. The topological polar surface area (TPSA) is 0 Å². The Labute approximate surface area is 75.6 Å². The zero-order chi connectivity index (χ0) is 6.41. The maximum atomic E-state index is 3.99. The van der Waals surface area contributed by atoms with Gasteiger partial charge in [-0.2, -0.15) is 0 Å². The van der Waals surface area contributed by atoms with Crippen LogP contribution in [0, 0.1) is 12.8 Å². The molecule has 0 aliphatic carbocycles. The quantitative estimate of drug-likeness (QED) is 0.524. The summed E-state index contributed by atoms with van der Waals surface area (Å²) in [6, 6.07) is 0. The summed E-state index contributed by atoms with van der Waals surface area (Å²) >= 11 is 0. The van der Waals surface area contributed by atoms with Crippen LogP contribution in [0.3, 0.4) is 0 Å². The zero-order valence-electron chi connectivity index (χ0n) is 6.11. The maximum absolute atomic E-state index is 3.99. The van der Waals surface area contributed by atoms with E-state index in [-0.39, 0.29) is 23.1 Å². The Balaban J connectivity index is 0. The van der Waals surface area contributed by atoms with E-state index in [4.69, 9.17) is 0 Å². The molecule has 0 amide bonds. The predicted octanol–water partition coefficient (Wildman–Crippen LogP) is 2.12. The average molecular weight is 140 g/mol. The highest BCUT2D eigenvalue weighted by atomic mass is 24.3. The first-order chi connectivity index (χ1) is 3.81. The van der Waals surface area contributed by atoms with Crippen LogP contribution in [0.15, 0.2) is 0 Å². The van der Waals surface area contributed by atoms with Crippen molar-refractivity contribution in [1.82, 2.24) is 0 Å². The van der Waals surface area contributed by atoms with Gasteiger partial charge >= 0.3 is 23.1 Å². The van der Waals surface area contributed by atoms with Crippen LogP contribution < -0.4 is 0 Å². The SMILES string of the molecule is [CH2]C(CC)CCCC.[MgH2]. The van der Waals surface area contributed by atoms with Crippen LogP contribution in [0.5, 0.6) is 0 Å². The van der Waals surface area contributed by atoms with Gasteiger partial charge in [0.05, 0.1) is 0 Å². The van der Waals surface area contributed by atoms with Crippen molar-refractivity contribution in [3.05, 3.63) is 6.92 Å². The molecule has 0 saturated heterocycles. The van der Waals surface area contributed by atoms with Gasteiger partial charge in [0.25, 0.3) is 0 Å². The van der Waals surface area contributed by atoms with Crippen LogP contribution >= 0.6 is 0 Å². The molecule has 0 rings (SSSR count). The number of rotatable bonds is 4. The molecular weight excluding hydrogens is 120 g/mol. The minimum absolute atomic E-state index is 0. The molecule has 0 spiro atoms. The molecule has 1 heteroatoms. The van der Waals surface area contributed by atoms with Crippen LogP contribution in [0.1, 0.15) is 39.5 Å². The van der Waals surface area contributed by atoms with E-state index in [0.717, 1.165) is 0 Å². The molecule has 0 N–H and O–H groups in total. The van der Waals surface area contributed by atoms with Crippen LogP contribution in [0.4, 0.5) is 0 Å². The predicted molar refractivity (Wildman–Crippen MR) is 47.2 cm³/mol. The lowest BCUT2D eigenvalue weighted by Gasteiger charge is -2.04. The van der Waals surface area contributed by atoms with E-state index in [1.54, 1.807) is 0 Å². The van der Waals surface area contributed by atoms with E-state index in [1.807, 2.05) is 0 Å². The van der Waals surface area contributed by atoms with E-state index in [9.17, 15) is 0 Å². The van der Waals surface area contributed by atoms with Crippen molar-refractivity contribution < 1.29 is 0 Å². The molecular formula is C8H19Mg. The summed E-state index contributed by atoms with van der Waals surface area (Å²) in [5.41, 5.74) is 0. The van der Waals surface area contributed by atoms with Gasteiger partial charge in [-0.3, -0.25) is 0 Å². The Morgan fingerprint density at radius 2 is 1.89 bits per heavy atom. The first-order valence-electron chi connectivity index (χ1n) is 3.64. The normalized spacial score (nSPS) is 12.3. The van der Waals surface area contributed by atoms with Gasteiger partial charge in [-0.05, 0) is 5.92 Å². The van der Waals surface area contributed by atoms with Crippen molar-refractivity contribution in [3.8, 4) is 0 Å². The smallest absolute Gasteiger partial charge is 0.0654 e. The summed E-state index contributed by atoms with van der Waals surface area (Å²) in [6.07, 6.45) is 5.21. The zero-order valence-corrected chi connectivity index (χ0v) is 6.11. The summed E-state index contributed by atoms with van der Waals surface area (Å²) in [6.45, 7) is 8.42. The highest BCUT2D eigenvalue weighted by Gasteiger charge is 1.94. The lowest BCUT2D eigenvalue weighted by molar-refractivity contribution is 0.537. The number of hydrogen-bond acceptors (Lipinski definition) is 0. The van der Waals surface area contributed by atoms with Gasteiger partial charge in [0, 0.05) is 0 Å². The Morgan fingerprint density at radius 3 is 2.22 bits per heavy atom. The Morgan fingerprint density at radius 1 is 1.33 bits per heavy atom. The summed E-state index contributed by atoms with van der Waals surface area (Å²) < 4.78 is 0. The fourth-order valence-electron chi connectivity index (χ4n) is 0.697. The molecule has 0 aliphatic rings. The minimum atomic E-state index is 0. The van der Waals surface area contributed by atoms with Crippen LogP contribution in [-0.4, -0.2) is 23.1 Å². The van der Waals surface area contributed by atoms with Gasteiger partial charge in [0.2, 0.25) is 0 Å². The molecule has 53 valence electrons. The number of hydrogen-bond donors (Lipinski definition) is 0. The second kappa shape index (κ2) is 8.77. The standard InChI is InChI=1S/C8H17.Mg.2H/c1-4-6-7-8(3)5-2;;;/h8H,3-7H2,1-2H3;;;. The van der Waals surface area contributed by atoms with Gasteiger partial charge in [0.15, 0.2) is 0 Å². The molecule has 1 radical (unpaired) electrons. The monoisotopic (exact) mass is 139 g/mol. The third-order valence-corrected chi connectivity index (χ3v) is 1.54. The summed E-state index contributed by atoms with van der Waals surface area (Å²) in [4.78, 5) is 0. The van der Waals surface area contributed by atoms with Crippen molar-refractivity contribution in [2.75, 3.05) is 0 Å². The molecule has 0 heterocycles. The molecule has 1 atom stereocenters. The van der Waals surface area contributed by atoms with Crippen molar-refractivity contribution in [2.24, 2.45) is 5.92 Å². The molecule has 0 bridgehead atoms. The maximum Gasteiger partial charge on any atom is 0.316 e. The Hall–Kier alpha value is 0.766. The van der Waals surface area contributed by atoms with E-state index < -0.39 is 0 Å². The summed E-state index contributed by atoms with van der Waals surface area (Å²) in [7, 11) is 0. The molecule has 0 nitrogen and oxygen atoms in total. The van der Waals surface area contributed by atoms with Crippen molar-refractivity contribution in [3.63, 3.8) is 0 Å². The number of unbranched alkanes of at least 4 members (excludes halogenated alkanes) is 1. The minimum Gasteiger partial charge on any atom is -0.0654 e. The molecule has 1 unspecified atom stereocenters. The van der Waals surface area contributed by atoms with Gasteiger partial charge in [-0.1, -0.05) is 46.5 Å². The average Bonchev–Trinajstić information content (AvgIpc) is 1.83. The molecule has 0 fully saturated rings. The van der Waals surface area contributed by atoms with E-state index in [0.29, 0.717) is 5.92 Å². The third-order valence-electron chi connectivity index (χ3n) is 1.54. The van der Waals surface area contributed by atoms with Crippen LogP contribution in [-0.2, 0) is 0 Å². The fourth-order valence-corrected chi connectivity index (χ4v) is 0.697. The van der Waals surface area contributed by atoms with Crippen molar-refractivity contribution in [2.45, 2.75) is 39.5 Å². The first kappa shape index (κ1) is 12.4. The van der Waals surface area contributed by atoms with Gasteiger partial charge in [-0.15, -0.1) is 0 Å². The highest BCUT2D eigenvalue weighted by molar-refractivity contribution is 5.75. The second-order valence-electron chi connectivity index (χ2n) is 2.42. The Bertz CT molecular complexity index is 43.8. The summed E-state index contributed by atoms with van der Waals surface area (Å²) in [5, 5.41) is 0. The molecule has 0 saturated carbocycles. The fraction of sp³-hybridized carbons (Fsp3) is 0.875. The van der Waals surface area contributed by atoms with Gasteiger partial charge in [-0.25, -0.2) is 0 Å². The molecule has 0 aromatic rings. The molecule has 0 aromatic heterocycles. The molecule has 0 aromatic carbocycles. The molecule has 9 heavy (non-hydrogen) atoms. The largest absolute Gasteiger partial charge is 0.316 e. The van der Waals surface area contributed by atoms with E-state index >= 15 is 0 Å².